The molecule has 0 saturated heterocycles. The predicted molar refractivity (Wildman–Crippen MR) is 99.9 cm³/mol. The molecule has 6 rings (SSSR count). The van der Waals surface area contributed by atoms with Crippen LogP contribution in [0.1, 0.15) is 64.2 Å². The van der Waals surface area contributed by atoms with E-state index in [0.29, 0.717) is 0 Å². The van der Waals surface area contributed by atoms with Crippen molar-refractivity contribution in [1.29, 1.82) is 0 Å². The molecular formula is C12H22P5Se2+. The molecule has 7 heteroatoms. The van der Waals surface area contributed by atoms with Crippen LogP contribution in [-0.2, 0) is 0 Å². The van der Waals surface area contributed by atoms with E-state index in [1.807, 2.05) is 0 Å². The van der Waals surface area contributed by atoms with Gasteiger partial charge in [0.05, 0.1) is 0 Å². The van der Waals surface area contributed by atoms with Gasteiger partial charge in [-0.1, -0.05) is 0 Å². The van der Waals surface area contributed by atoms with E-state index >= 15 is 0 Å². The number of hydrogen-bond donors (Lipinski definition) is 0. The summed E-state index contributed by atoms with van der Waals surface area (Å²) in [6, 6.07) is 0. The molecule has 0 aromatic carbocycles. The topological polar surface area (TPSA) is 0 Å². The van der Waals surface area contributed by atoms with E-state index in [9.17, 15) is 0 Å². The third-order valence-corrected chi connectivity index (χ3v) is 137. The Hall–Kier alpha value is 2.67. The summed E-state index contributed by atoms with van der Waals surface area (Å²) >= 11 is 2.68. The summed E-state index contributed by atoms with van der Waals surface area (Å²) in [6.07, 6.45) is 16.7. The molecule has 2 aliphatic heterocycles. The average Bonchev–Trinajstić information content (AvgIpc) is 2.87. The molecule has 2 fully saturated rings. The summed E-state index contributed by atoms with van der Waals surface area (Å²) in [5.74, 6) is 0. The zero-order valence-corrected chi connectivity index (χ0v) is 19.2. The van der Waals surface area contributed by atoms with Gasteiger partial charge in [0.2, 0.25) is 0 Å². The van der Waals surface area contributed by atoms with Gasteiger partial charge in [-0.15, -0.1) is 0 Å². The first-order valence-corrected chi connectivity index (χ1v) is 27.6. The van der Waals surface area contributed by atoms with Crippen molar-refractivity contribution in [2.75, 3.05) is 0 Å². The predicted octanol–water partition coefficient (Wildman–Crippen LogP) is 7.28. The molecule has 106 valence electrons. The van der Waals surface area contributed by atoms with Crippen LogP contribution in [0.3, 0.4) is 0 Å². The summed E-state index contributed by atoms with van der Waals surface area (Å²) < 4.78 is 0.797. The Morgan fingerprint density at radius 1 is 0.684 bits per heavy atom. The second kappa shape index (κ2) is 5.35. The van der Waals surface area contributed by atoms with Crippen LogP contribution in [-0.4, -0.2) is 38.5 Å². The molecular weight excluding hydrogens is 457 g/mol. The second-order valence-electron chi connectivity index (χ2n) is 6.46. The Kier molecular flexibility index (Phi) is 3.95. The summed E-state index contributed by atoms with van der Waals surface area (Å²) in [7, 11) is 0. The molecule has 0 amide bonds. The Bertz CT molecular complexity index is 545. The van der Waals surface area contributed by atoms with Crippen molar-refractivity contribution in [2.24, 2.45) is 0 Å². The molecule has 0 radical (unpaired) electrons. The quantitative estimate of drug-likeness (QED) is 0.314. The molecule has 0 N–H and O–H groups in total. The van der Waals surface area contributed by atoms with Crippen LogP contribution in [0.4, 0.5) is 0 Å². The van der Waals surface area contributed by atoms with Gasteiger partial charge in [-0.25, -0.2) is 0 Å². The molecule has 2 unspecified atom stereocenters. The van der Waals surface area contributed by atoms with Gasteiger partial charge in [0.1, 0.15) is 0 Å². The van der Waals surface area contributed by atoms with Crippen molar-refractivity contribution in [1.82, 2.24) is 0 Å². The van der Waals surface area contributed by atoms with Gasteiger partial charge >= 0.3 is 131 Å². The van der Waals surface area contributed by atoms with Crippen LogP contribution in [0.15, 0.2) is 0 Å². The first-order valence-electron chi connectivity index (χ1n) is 7.88. The molecule has 0 nitrogen and oxygen atoms in total. The van der Waals surface area contributed by atoms with Crippen molar-refractivity contribution in [3.8, 4) is 0 Å². The maximum absolute atomic E-state index is 1.74. The fourth-order valence-electron chi connectivity index (χ4n) is 4.57. The zero-order valence-electron chi connectivity index (χ0n) is 11.3. The number of hydrogen-bond acceptors (Lipinski definition) is 0. The van der Waals surface area contributed by atoms with Crippen molar-refractivity contribution < 1.29 is 0 Å². The molecule has 19 heavy (non-hydrogen) atoms. The van der Waals surface area contributed by atoms with Gasteiger partial charge in [0, 0.05) is 0 Å². The molecule has 2 atom stereocenters. The fourth-order valence-corrected chi connectivity index (χ4v) is 312. The van der Waals surface area contributed by atoms with Crippen LogP contribution >= 0.6 is 28.5 Å². The maximum atomic E-state index is 1.74. The summed E-state index contributed by atoms with van der Waals surface area (Å²) in [4.78, 5) is 0. The Labute approximate surface area is 130 Å². The van der Waals surface area contributed by atoms with Gasteiger partial charge in [-0.05, 0) is 0 Å². The van der Waals surface area contributed by atoms with Crippen molar-refractivity contribution >= 4 is 55.6 Å². The van der Waals surface area contributed by atoms with E-state index in [1.165, 1.54) is 38.5 Å². The SMILES string of the molecule is C1CCC([P+]2(C3CCCCC3)p3[se]p4p2p4[se]3)CC1. The summed E-state index contributed by atoms with van der Waals surface area (Å²) in [5, 5.41) is 1.75. The van der Waals surface area contributed by atoms with Gasteiger partial charge < -0.3 is 0 Å². The fraction of sp³-hybridized carbons (Fsp3) is 1.00. The van der Waals surface area contributed by atoms with E-state index in [0.717, 1.165) is 21.8 Å². The van der Waals surface area contributed by atoms with Gasteiger partial charge in [-0.3, -0.25) is 0 Å². The minimum atomic E-state index is -0.289. The van der Waals surface area contributed by atoms with Gasteiger partial charge in [0.25, 0.3) is 0 Å². The van der Waals surface area contributed by atoms with E-state index < -0.39 is 0 Å². The average molecular weight is 479 g/mol. The van der Waals surface area contributed by atoms with E-state index in [1.54, 1.807) is 64.2 Å². The van der Waals surface area contributed by atoms with Crippen molar-refractivity contribution in [3.63, 3.8) is 0 Å². The molecule has 4 bridgehead atoms. The van der Waals surface area contributed by atoms with Crippen molar-refractivity contribution in [3.05, 3.63) is 0 Å². The van der Waals surface area contributed by atoms with Crippen LogP contribution < -0.4 is 0 Å². The minimum absolute atomic E-state index is 0.289. The molecule has 2 saturated carbocycles. The van der Waals surface area contributed by atoms with Crippen molar-refractivity contribution in [2.45, 2.75) is 75.5 Å². The first-order chi connectivity index (χ1) is 9.42. The van der Waals surface area contributed by atoms with Crippen LogP contribution in [0, 0.1) is 0 Å². The van der Waals surface area contributed by atoms with Crippen LogP contribution in [0.5, 0.6) is 0 Å². The van der Waals surface area contributed by atoms with Crippen LogP contribution in [0.2, 0.25) is 0 Å². The normalized spacial score (nSPS) is 31.8. The Balaban J connectivity index is 1.58. The molecule has 2 aromatic heterocycles. The van der Waals surface area contributed by atoms with E-state index in [-0.39, 0.29) is 6.64 Å². The first kappa shape index (κ1) is 14.0. The third-order valence-electron chi connectivity index (χ3n) is 5.48. The third kappa shape index (κ3) is 1.96. The molecule has 4 heterocycles. The molecule has 2 aromatic rings. The van der Waals surface area contributed by atoms with Gasteiger partial charge in [0.15, 0.2) is 0 Å². The van der Waals surface area contributed by atoms with Gasteiger partial charge in [-0.2, -0.15) is 0 Å². The standard InChI is InChI=1S/C12H22P5Se2/c1-3-7-11(8-4-1)17(12-9-5-2-6-10-12)13-14-15(13)19-16(17)18-14/h11-12H,1-10H2/q+1. The molecule has 0 spiro atoms. The van der Waals surface area contributed by atoms with E-state index in [2.05, 4.69) is 0 Å². The van der Waals surface area contributed by atoms with Crippen LogP contribution in [0.25, 0.3) is 0 Å². The monoisotopic (exact) mass is 481 g/mol. The zero-order chi connectivity index (χ0) is 12.4. The second-order valence-corrected chi connectivity index (χ2v) is 61.7. The number of rotatable bonds is 2. The molecule has 4 aliphatic rings. The van der Waals surface area contributed by atoms with E-state index in [4.69, 9.17) is 0 Å². The summed E-state index contributed by atoms with van der Waals surface area (Å²) in [6.45, 7) is 0.557. The molecule has 2 aliphatic carbocycles. The Morgan fingerprint density at radius 2 is 1.16 bits per heavy atom. The summed E-state index contributed by atoms with van der Waals surface area (Å²) in [5.41, 5.74) is 2.79. The Morgan fingerprint density at radius 3 is 1.53 bits per heavy atom.